The van der Waals surface area contributed by atoms with E-state index in [0.29, 0.717) is 6.42 Å². The Kier molecular flexibility index (Phi) is 23.0. The second kappa shape index (κ2) is 26.4. The predicted molar refractivity (Wildman–Crippen MR) is 213 cm³/mol. The van der Waals surface area contributed by atoms with E-state index in [9.17, 15) is 68.1 Å². The van der Waals surface area contributed by atoms with Crippen molar-refractivity contribution in [2.24, 2.45) is 17.6 Å². The van der Waals surface area contributed by atoms with Crippen LogP contribution in [-0.2, 0) is 52.7 Å². The van der Waals surface area contributed by atoms with Gasteiger partial charge in [0, 0.05) is 19.4 Å². The Hall–Kier alpha value is -5.95. The van der Waals surface area contributed by atoms with Gasteiger partial charge in [0.15, 0.2) is 0 Å². The van der Waals surface area contributed by atoms with Crippen molar-refractivity contribution in [3.05, 3.63) is 0 Å². The molecule has 62 heavy (non-hydrogen) atoms. The lowest BCUT2D eigenvalue weighted by Gasteiger charge is -2.31. The first-order valence-corrected chi connectivity index (χ1v) is 20.0. The molecule has 0 aliphatic carbocycles. The number of hydrogen-bond acceptors (Lipinski definition) is 14. The number of aliphatic hydroxyl groups excluding tert-OH is 2. The van der Waals surface area contributed by atoms with E-state index in [-0.39, 0.29) is 25.3 Å². The number of carboxylic acid groups (broad SMARTS) is 3. The molecule has 1 saturated heterocycles. The standard InChI is InChI=1S/C37H61N9O16/c1-17(2)13-22(43-32(56)23(16-47)44-35(59)30(18(3)4)45-34(58)29(38)19(5)48)36(60)46-12-6-7-24(46)33(57)40-14-25(49)39-15-26(50)41-20(8-10-27(51)52)31(55)42-21(37(61)62)9-11-28(53)54/h17-24,29-30,47-48H,6-16,38H2,1-5H3,(H,39,49)(H,40,57)(H,41,50)(H,42,55)(H,43,56)(H,44,59)(H,45,58)(H,51,52)(H,53,54)(H,61,62)/t19-,20+,21+,22+,23+,24+,29+,30+/m1/s1. The maximum atomic E-state index is 13.9. The Morgan fingerprint density at radius 3 is 1.71 bits per heavy atom. The van der Waals surface area contributed by atoms with Crippen LogP contribution >= 0.6 is 0 Å². The Bertz CT molecular complexity index is 1640. The summed E-state index contributed by atoms with van der Waals surface area (Å²) >= 11 is 0. The van der Waals surface area contributed by atoms with E-state index in [1.807, 2.05) is 0 Å². The summed E-state index contributed by atoms with van der Waals surface area (Å²) < 4.78 is 0. The van der Waals surface area contributed by atoms with Gasteiger partial charge < -0.3 is 73.4 Å². The number of aliphatic hydroxyl groups is 2. The maximum Gasteiger partial charge on any atom is 0.326 e. The average molecular weight is 888 g/mol. The lowest BCUT2D eigenvalue weighted by molar-refractivity contribution is -0.144. The summed E-state index contributed by atoms with van der Waals surface area (Å²) in [6.45, 7) is 5.79. The van der Waals surface area contributed by atoms with Gasteiger partial charge >= 0.3 is 17.9 Å². The smallest absolute Gasteiger partial charge is 0.326 e. The number of nitrogens with two attached hydrogens (primary N) is 1. The first kappa shape index (κ1) is 54.1. The molecule has 0 spiro atoms. The first-order valence-electron chi connectivity index (χ1n) is 20.0. The van der Waals surface area contributed by atoms with E-state index in [1.165, 1.54) is 11.8 Å². The van der Waals surface area contributed by atoms with Gasteiger partial charge in [0.2, 0.25) is 47.3 Å². The highest BCUT2D eigenvalue weighted by Crippen LogP contribution is 2.21. The molecule has 350 valence electrons. The van der Waals surface area contributed by atoms with Gasteiger partial charge in [-0.15, -0.1) is 0 Å². The number of rotatable bonds is 27. The fraction of sp³-hybridized carbons (Fsp3) is 0.703. The Balaban J connectivity index is 2.93. The average Bonchev–Trinajstić information content (AvgIpc) is 3.68. The third-order valence-electron chi connectivity index (χ3n) is 9.47. The molecule has 1 fully saturated rings. The number of nitrogens with one attached hydrogen (secondary N) is 7. The largest absolute Gasteiger partial charge is 0.481 e. The van der Waals surface area contributed by atoms with E-state index in [1.54, 1.807) is 27.7 Å². The lowest BCUT2D eigenvalue weighted by atomic mass is 10.0. The molecule has 0 aromatic carbocycles. The van der Waals surface area contributed by atoms with Crippen molar-refractivity contribution in [3.63, 3.8) is 0 Å². The molecule has 8 amide bonds. The lowest BCUT2D eigenvalue weighted by Crippen LogP contribution is -2.61. The number of amides is 8. The Morgan fingerprint density at radius 2 is 1.19 bits per heavy atom. The van der Waals surface area contributed by atoms with Gasteiger partial charge in [-0.3, -0.25) is 47.9 Å². The van der Waals surface area contributed by atoms with Crippen molar-refractivity contribution in [1.82, 2.24) is 42.1 Å². The molecular formula is C37H61N9O16. The second-order valence-corrected chi connectivity index (χ2v) is 15.5. The zero-order valence-corrected chi connectivity index (χ0v) is 35.3. The summed E-state index contributed by atoms with van der Waals surface area (Å²) in [6, 6.07) is -9.68. The highest BCUT2D eigenvalue weighted by molar-refractivity contribution is 5.97. The van der Waals surface area contributed by atoms with Crippen molar-refractivity contribution in [2.45, 2.75) is 128 Å². The molecule has 25 heteroatoms. The van der Waals surface area contributed by atoms with Crippen LogP contribution in [0.15, 0.2) is 0 Å². The summed E-state index contributed by atoms with van der Waals surface area (Å²) in [7, 11) is 0. The van der Waals surface area contributed by atoms with Crippen LogP contribution in [0.3, 0.4) is 0 Å². The topological polar surface area (TPSA) is 402 Å². The SMILES string of the molecule is CC(C)C[C@H](NC(=O)[C@H](CO)NC(=O)[C@@H](NC(=O)[C@@H](N)[C@@H](C)O)C(C)C)C(=O)N1CCC[C@H]1C(=O)NCC(=O)NCC(=O)N[C@@H](CCC(=O)O)C(=O)N[C@@H](CCC(=O)O)C(=O)O. The first-order chi connectivity index (χ1) is 28.9. The molecule has 1 rings (SSSR count). The van der Waals surface area contributed by atoms with Crippen LogP contribution in [0.4, 0.5) is 0 Å². The van der Waals surface area contributed by atoms with Gasteiger partial charge in [-0.05, 0) is 50.9 Å². The minimum Gasteiger partial charge on any atom is -0.481 e. The number of carbonyl (C=O) groups is 11. The monoisotopic (exact) mass is 887 g/mol. The maximum absolute atomic E-state index is 13.9. The van der Waals surface area contributed by atoms with Crippen LogP contribution in [-0.4, -0.2) is 170 Å². The fourth-order valence-electron chi connectivity index (χ4n) is 6.03. The number of carboxylic acids is 3. The molecule has 0 aromatic heterocycles. The molecule has 0 radical (unpaired) electrons. The number of aliphatic carboxylic acids is 3. The van der Waals surface area contributed by atoms with Crippen LogP contribution in [0.5, 0.6) is 0 Å². The molecule has 14 N–H and O–H groups in total. The van der Waals surface area contributed by atoms with Gasteiger partial charge in [-0.2, -0.15) is 0 Å². The van der Waals surface area contributed by atoms with Crippen LogP contribution < -0.4 is 43.0 Å². The summed E-state index contributed by atoms with van der Waals surface area (Å²) in [5.74, 6) is -12.0. The number of likely N-dealkylation sites (tertiary alicyclic amines) is 1. The third kappa shape index (κ3) is 18.8. The summed E-state index contributed by atoms with van der Waals surface area (Å²) in [5, 5.41) is 63.0. The highest BCUT2D eigenvalue weighted by atomic mass is 16.4. The second-order valence-electron chi connectivity index (χ2n) is 15.5. The number of carbonyl (C=O) groups excluding carboxylic acids is 8. The van der Waals surface area contributed by atoms with Crippen molar-refractivity contribution in [1.29, 1.82) is 0 Å². The molecule has 0 saturated carbocycles. The van der Waals surface area contributed by atoms with Gasteiger partial charge in [0.1, 0.15) is 42.3 Å². The Labute approximate surface area is 357 Å². The normalized spacial score (nSPS) is 16.9. The number of nitrogens with zero attached hydrogens (tertiary/aromatic N) is 1. The van der Waals surface area contributed by atoms with Gasteiger partial charge in [0.25, 0.3) is 0 Å². The number of hydrogen-bond donors (Lipinski definition) is 13. The third-order valence-corrected chi connectivity index (χ3v) is 9.47. The Morgan fingerprint density at radius 1 is 0.661 bits per heavy atom. The van der Waals surface area contributed by atoms with E-state index in [2.05, 4.69) is 37.2 Å². The highest BCUT2D eigenvalue weighted by Gasteiger charge is 2.39. The minimum atomic E-state index is -1.66. The van der Waals surface area contributed by atoms with Crippen molar-refractivity contribution in [2.75, 3.05) is 26.2 Å². The molecule has 0 unspecified atom stereocenters. The fourth-order valence-corrected chi connectivity index (χ4v) is 6.03. The van der Waals surface area contributed by atoms with Crippen molar-refractivity contribution >= 4 is 65.2 Å². The van der Waals surface area contributed by atoms with E-state index >= 15 is 0 Å². The summed E-state index contributed by atoms with van der Waals surface area (Å²) in [6.07, 6.45) is -2.81. The molecule has 0 bridgehead atoms. The predicted octanol–water partition coefficient (Wildman–Crippen LogP) is -5.15. The molecule has 25 nitrogen and oxygen atoms in total. The minimum absolute atomic E-state index is 0.0809. The van der Waals surface area contributed by atoms with Crippen molar-refractivity contribution in [3.8, 4) is 0 Å². The quantitative estimate of drug-likeness (QED) is 0.0367. The van der Waals surface area contributed by atoms with Crippen LogP contribution in [0.2, 0.25) is 0 Å². The van der Waals surface area contributed by atoms with E-state index < -0.39 is 165 Å². The molecule has 1 aliphatic heterocycles. The molecular weight excluding hydrogens is 826 g/mol. The molecule has 1 heterocycles. The van der Waals surface area contributed by atoms with E-state index in [0.717, 1.165) is 0 Å². The van der Waals surface area contributed by atoms with Crippen molar-refractivity contribution < 1.29 is 78.3 Å². The zero-order valence-electron chi connectivity index (χ0n) is 35.3. The molecule has 0 aromatic rings. The zero-order chi connectivity index (χ0) is 47.4. The van der Waals surface area contributed by atoms with Crippen LogP contribution in [0.25, 0.3) is 0 Å². The van der Waals surface area contributed by atoms with Gasteiger partial charge in [-0.1, -0.05) is 27.7 Å². The van der Waals surface area contributed by atoms with Crippen LogP contribution in [0, 0.1) is 11.8 Å². The van der Waals surface area contributed by atoms with Crippen LogP contribution in [0.1, 0.15) is 79.6 Å². The van der Waals surface area contributed by atoms with Gasteiger partial charge in [0.05, 0.1) is 25.8 Å². The molecule has 1 aliphatic rings. The van der Waals surface area contributed by atoms with Gasteiger partial charge in [-0.25, -0.2) is 4.79 Å². The molecule has 8 atom stereocenters. The van der Waals surface area contributed by atoms with E-state index in [4.69, 9.17) is 15.9 Å². The summed E-state index contributed by atoms with van der Waals surface area (Å²) in [4.78, 5) is 139. The summed E-state index contributed by atoms with van der Waals surface area (Å²) in [5.41, 5.74) is 5.67.